The van der Waals surface area contributed by atoms with Gasteiger partial charge in [-0.25, -0.2) is 0 Å². The van der Waals surface area contributed by atoms with Gasteiger partial charge in [0.1, 0.15) is 5.69 Å². The van der Waals surface area contributed by atoms with Gasteiger partial charge in [-0.05, 0) is 37.0 Å². The zero-order valence-electron chi connectivity index (χ0n) is 18.7. The number of nitrogens with one attached hydrogen (secondary N) is 1. The fourth-order valence-electron chi connectivity index (χ4n) is 4.14. The molecule has 2 fully saturated rings. The molecular formula is C23H34N6O2. The number of anilines is 1. The standard InChI is InChI=1S/C23H32N6O2.H2/c1-17(2)14-21(30)29-12-10-28(11-13-29)19-4-8-24-20(15-19)22(31)25-23(6-7-23)16-18-5-9-27(3)26-18;/h4-5,8-9,15,17H,6-7,10-14,16H2,1-3H3,(H,25,31);1H. The Morgan fingerprint density at radius 2 is 1.94 bits per heavy atom. The van der Waals surface area contributed by atoms with E-state index in [0.717, 1.165) is 43.7 Å². The zero-order valence-corrected chi connectivity index (χ0v) is 18.7. The fourth-order valence-corrected chi connectivity index (χ4v) is 4.14. The zero-order chi connectivity index (χ0) is 22.0. The average molecular weight is 427 g/mol. The summed E-state index contributed by atoms with van der Waals surface area (Å²) in [7, 11) is 1.90. The van der Waals surface area contributed by atoms with Gasteiger partial charge in [-0.1, -0.05) is 13.8 Å². The van der Waals surface area contributed by atoms with Crippen LogP contribution in [-0.4, -0.2) is 63.2 Å². The molecule has 1 aliphatic carbocycles. The number of aryl methyl sites for hydroxylation is 1. The normalized spacial score (nSPS) is 17.7. The number of amides is 2. The van der Waals surface area contributed by atoms with Gasteiger partial charge >= 0.3 is 0 Å². The van der Waals surface area contributed by atoms with Crippen LogP contribution in [0, 0.1) is 5.92 Å². The van der Waals surface area contributed by atoms with Crippen molar-refractivity contribution in [2.24, 2.45) is 13.0 Å². The monoisotopic (exact) mass is 426 g/mol. The third kappa shape index (κ3) is 5.24. The molecule has 1 N–H and O–H groups in total. The molecule has 168 valence electrons. The Bertz CT molecular complexity index is 947. The number of piperazine rings is 1. The van der Waals surface area contributed by atoms with Crippen LogP contribution in [0.1, 0.15) is 50.7 Å². The molecule has 1 saturated carbocycles. The molecule has 31 heavy (non-hydrogen) atoms. The summed E-state index contributed by atoms with van der Waals surface area (Å²) >= 11 is 0. The van der Waals surface area contributed by atoms with E-state index in [4.69, 9.17) is 0 Å². The number of pyridine rings is 1. The summed E-state index contributed by atoms with van der Waals surface area (Å²) in [4.78, 5) is 33.7. The Morgan fingerprint density at radius 3 is 2.55 bits per heavy atom. The van der Waals surface area contributed by atoms with Crippen molar-refractivity contribution in [3.8, 4) is 0 Å². The molecule has 1 aliphatic heterocycles. The highest BCUT2D eigenvalue weighted by molar-refractivity contribution is 5.94. The van der Waals surface area contributed by atoms with Crippen LogP contribution in [0.15, 0.2) is 30.6 Å². The highest BCUT2D eigenvalue weighted by Gasteiger charge is 2.44. The van der Waals surface area contributed by atoms with Crippen molar-refractivity contribution in [1.29, 1.82) is 0 Å². The fraction of sp³-hybridized carbons (Fsp3) is 0.565. The summed E-state index contributed by atoms with van der Waals surface area (Å²) in [5, 5.41) is 7.63. The van der Waals surface area contributed by atoms with Gasteiger partial charge in [0.25, 0.3) is 5.91 Å². The minimum absolute atomic E-state index is 0. The third-order valence-electron chi connectivity index (χ3n) is 6.08. The van der Waals surface area contributed by atoms with Gasteiger partial charge in [-0.15, -0.1) is 0 Å². The number of aromatic nitrogens is 3. The van der Waals surface area contributed by atoms with Crippen LogP contribution in [0.2, 0.25) is 0 Å². The molecule has 1 saturated heterocycles. The van der Waals surface area contributed by atoms with Crippen LogP contribution in [0.4, 0.5) is 5.69 Å². The number of carbonyl (C=O) groups excluding carboxylic acids is 2. The van der Waals surface area contributed by atoms with Crippen LogP contribution in [0.3, 0.4) is 0 Å². The number of rotatable bonds is 7. The first-order chi connectivity index (χ1) is 14.8. The van der Waals surface area contributed by atoms with Crippen LogP contribution in [0.25, 0.3) is 0 Å². The molecule has 2 aromatic heterocycles. The molecule has 0 radical (unpaired) electrons. The van der Waals surface area contributed by atoms with Crippen LogP contribution >= 0.6 is 0 Å². The van der Waals surface area contributed by atoms with Gasteiger partial charge < -0.3 is 15.1 Å². The highest BCUT2D eigenvalue weighted by atomic mass is 16.2. The smallest absolute Gasteiger partial charge is 0.270 e. The van der Waals surface area contributed by atoms with Gasteiger partial charge in [0.2, 0.25) is 5.91 Å². The minimum atomic E-state index is -0.203. The van der Waals surface area contributed by atoms with E-state index in [-0.39, 0.29) is 18.8 Å². The van der Waals surface area contributed by atoms with E-state index >= 15 is 0 Å². The van der Waals surface area contributed by atoms with Crippen molar-refractivity contribution in [2.75, 3.05) is 31.1 Å². The van der Waals surface area contributed by atoms with Crippen LogP contribution < -0.4 is 10.2 Å². The van der Waals surface area contributed by atoms with Crippen LogP contribution in [-0.2, 0) is 18.3 Å². The SMILES string of the molecule is CC(C)CC(=O)N1CCN(c2ccnc(C(=O)NC3(Cc4ccn(C)n4)CC3)c2)CC1.[HH]. The molecule has 8 nitrogen and oxygen atoms in total. The number of nitrogens with zero attached hydrogens (tertiary/aromatic N) is 5. The Labute approximate surface area is 185 Å². The lowest BCUT2D eigenvalue weighted by Crippen LogP contribution is -2.49. The summed E-state index contributed by atoms with van der Waals surface area (Å²) in [6.45, 7) is 7.09. The Balaban J connectivity index is 0.00000289. The van der Waals surface area contributed by atoms with Gasteiger partial charge in [-0.3, -0.25) is 19.3 Å². The summed E-state index contributed by atoms with van der Waals surface area (Å²) in [5.74, 6) is 0.465. The number of carbonyl (C=O) groups is 2. The first-order valence-corrected chi connectivity index (χ1v) is 11.1. The molecule has 4 rings (SSSR count). The average Bonchev–Trinajstić information content (AvgIpc) is 3.37. The molecule has 8 heteroatoms. The van der Waals surface area contributed by atoms with Gasteiger partial charge in [0, 0.05) is 71.1 Å². The van der Waals surface area contributed by atoms with E-state index in [1.54, 1.807) is 10.9 Å². The second-order valence-corrected chi connectivity index (χ2v) is 9.26. The maximum atomic E-state index is 12.9. The lowest BCUT2D eigenvalue weighted by atomic mass is 10.1. The lowest BCUT2D eigenvalue weighted by Gasteiger charge is -2.36. The van der Waals surface area contributed by atoms with Crippen molar-refractivity contribution >= 4 is 17.5 Å². The van der Waals surface area contributed by atoms with E-state index in [9.17, 15) is 9.59 Å². The summed E-state index contributed by atoms with van der Waals surface area (Å²) in [5.41, 5.74) is 2.20. The Kier molecular flexibility index (Phi) is 5.98. The van der Waals surface area contributed by atoms with Crippen molar-refractivity contribution in [3.05, 3.63) is 42.0 Å². The maximum absolute atomic E-state index is 12.9. The Hall–Kier alpha value is -2.90. The second kappa shape index (κ2) is 8.69. The second-order valence-electron chi connectivity index (χ2n) is 9.26. The molecule has 0 spiro atoms. The molecule has 0 unspecified atom stereocenters. The molecule has 0 bridgehead atoms. The molecule has 2 amide bonds. The number of hydrogen-bond acceptors (Lipinski definition) is 5. The molecule has 2 aromatic rings. The third-order valence-corrected chi connectivity index (χ3v) is 6.08. The van der Waals surface area contributed by atoms with Gasteiger partial charge in [0.05, 0.1) is 5.69 Å². The molecule has 2 aliphatic rings. The van der Waals surface area contributed by atoms with Crippen molar-refractivity contribution in [2.45, 2.75) is 45.1 Å². The van der Waals surface area contributed by atoms with Crippen molar-refractivity contribution in [3.63, 3.8) is 0 Å². The molecule has 0 aromatic carbocycles. The summed E-state index contributed by atoms with van der Waals surface area (Å²) in [6, 6.07) is 5.79. The summed E-state index contributed by atoms with van der Waals surface area (Å²) in [6.07, 6.45) is 6.88. The van der Waals surface area contributed by atoms with E-state index in [1.165, 1.54) is 0 Å². The van der Waals surface area contributed by atoms with E-state index in [0.29, 0.717) is 31.1 Å². The predicted octanol–water partition coefficient (Wildman–Crippen LogP) is 2.26. The largest absolute Gasteiger partial charge is 0.368 e. The Morgan fingerprint density at radius 1 is 1.19 bits per heavy atom. The maximum Gasteiger partial charge on any atom is 0.270 e. The lowest BCUT2D eigenvalue weighted by molar-refractivity contribution is -0.132. The van der Waals surface area contributed by atoms with Gasteiger partial charge in [-0.2, -0.15) is 5.10 Å². The first kappa shape index (κ1) is 21.3. The topological polar surface area (TPSA) is 83.4 Å². The van der Waals surface area contributed by atoms with E-state index in [1.807, 2.05) is 36.3 Å². The van der Waals surface area contributed by atoms with Gasteiger partial charge in [0.15, 0.2) is 0 Å². The predicted molar refractivity (Wildman–Crippen MR) is 121 cm³/mol. The molecular weight excluding hydrogens is 392 g/mol. The van der Waals surface area contributed by atoms with E-state index < -0.39 is 0 Å². The highest BCUT2D eigenvalue weighted by Crippen LogP contribution is 2.38. The van der Waals surface area contributed by atoms with Crippen molar-refractivity contribution < 1.29 is 11.0 Å². The molecule has 0 atom stereocenters. The summed E-state index contributed by atoms with van der Waals surface area (Å²) < 4.78 is 1.79. The molecule has 3 heterocycles. The van der Waals surface area contributed by atoms with Crippen molar-refractivity contribution in [1.82, 2.24) is 25.0 Å². The minimum Gasteiger partial charge on any atom is -0.368 e. The quantitative estimate of drug-likeness (QED) is 0.734. The van der Waals surface area contributed by atoms with Crippen LogP contribution in [0.5, 0.6) is 0 Å². The first-order valence-electron chi connectivity index (χ1n) is 11.1. The number of hydrogen-bond donors (Lipinski definition) is 1. The van der Waals surface area contributed by atoms with E-state index in [2.05, 4.69) is 34.1 Å².